The van der Waals surface area contributed by atoms with Gasteiger partial charge < -0.3 is 15.4 Å². The van der Waals surface area contributed by atoms with Gasteiger partial charge in [-0.15, -0.1) is 0 Å². The van der Waals surface area contributed by atoms with Crippen molar-refractivity contribution in [2.75, 3.05) is 5.32 Å². The minimum absolute atomic E-state index is 0.0586. The van der Waals surface area contributed by atoms with Crippen LogP contribution in [0.5, 0.6) is 0 Å². The predicted molar refractivity (Wildman–Crippen MR) is 101 cm³/mol. The third-order valence-corrected chi connectivity index (χ3v) is 5.57. The molecular weight excluding hydrogens is 334 g/mol. The molecule has 26 heavy (non-hydrogen) atoms. The Labute approximate surface area is 151 Å². The summed E-state index contributed by atoms with van der Waals surface area (Å²) >= 11 is 0. The van der Waals surface area contributed by atoms with Crippen LogP contribution in [0.4, 0.5) is 14.5 Å². The summed E-state index contributed by atoms with van der Waals surface area (Å²) in [7, 11) is 0. The maximum absolute atomic E-state index is 15.5. The number of aryl methyl sites for hydroxylation is 1. The van der Waals surface area contributed by atoms with Crippen LogP contribution in [0.1, 0.15) is 37.8 Å². The van der Waals surface area contributed by atoms with Crippen LogP contribution < -0.4 is 5.32 Å². The van der Waals surface area contributed by atoms with Crippen LogP contribution in [0.15, 0.2) is 30.5 Å². The van der Waals surface area contributed by atoms with Crippen molar-refractivity contribution < 1.29 is 13.9 Å². The molecule has 5 heteroatoms. The largest absolute Gasteiger partial charge is 0.390 e. The van der Waals surface area contributed by atoms with Crippen molar-refractivity contribution in [1.82, 2.24) is 4.98 Å². The van der Waals surface area contributed by atoms with E-state index in [1.54, 1.807) is 19.1 Å². The van der Waals surface area contributed by atoms with Crippen LogP contribution in [0.2, 0.25) is 0 Å². The third-order valence-electron chi connectivity index (χ3n) is 5.57. The third kappa shape index (κ3) is 2.27. The number of nitrogens with one attached hydrogen (secondary N) is 2. The monoisotopic (exact) mass is 356 g/mol. The lowest BCUT2D eigenvalue weighted by atomic mass is 9.78. The van der Waals surface area contributed by atoms with Crippen LogP contribution in [-0.4, -0.2) is 21.7 Å². The fraction of sp³-hybridized carbons (Fsp3) is 0.333. The Balaban J connectivity index is 2.00. The number of hydrogen-bond acceptors (Lipinski definition) is 2. The Kier molecular flexibility index (Phi) is 3.63. The van der Waals surface area contributed by atoms with Gasteiger partial charge >= 0.3 is 0 Å². The van der Waals surface area contributed by atoms with E-state index in [1.807, 2.05) is 33.0 Å². The summed E-state index contributed by atoms with van der Waals surface area (Å²) in [5, 5.41) is 14.6. The van der Waals surface area contributed by atoms with Crippen molar-refractivity contribution in [3.8, 4) is 11.1 Å². The highest BCUT2D eigenvalue weighted by molar-refractivity contribution is 5.96. The van der Waals surface area contributed by atoms with Gasteiger partial charge in [0, 0.05) is 34.3 Å². The molecule has 0 saturated carbocycles. The summed E-state index contributed by atoms with van der Waals surface area (Å²) in [6, 6.07) is 6.78. The van der Waals surface area contributed by atoms with Crippen molar-refractivity contribution in [3.05, 3.63) is 53.2 Å². The highest BCUT2D eigenvalue weighted by Gasteiger charge is 2.41. The molecule has 0 bridgehead atoms. The fourth-order valence-corrected chi connectivity index (χ4v) is 4.14. The minimum atomic E-state index is -0.786. The van der Waals surface area contributed by atoms with Gasteiger partial charge in [0.2, 0.25) is 0 Å². The van der Waals surface area contributed by atoms with Gasteiger partial charge in [0.15, 0.2) is 0 Å². The number of halogens is 2. The molecule has 0 aliphatic carbocycles. The zero-order valence-corrected chi connectivity index (χ0v) is 15.2. The number of fused-ring (bicyclic) bond motifs is 2. The number of H-pyrrole nitrogens is 1. The Morgan fingerprint density at radius 1 is 1.19 bits per heavy atom. The molecule has 1 aliphatic heterocycles. The molecule has 0 radical (unpaired) electrons. The van der Waals surface area contributed by atoms with E-state index in [0.717, 1.165) is 10.9 Å². The summed E-state index contributed by atoms with van der Waals surface area (Å²) < 4.78 is 30.5. The van der Waals surface area contributed by atoms with E-state index in [2.05, 4.69) is 10.3 Å². The van der Waals surface area contributed by atoms with E-state index in [-0.39, 0.29) is 5.56 Å². The van der Waals surface area contributed by atoms with E-state index in [4.69, 9.17) is 0 Å². The zero-order valence-electron chi connectivity index (χ0n) is 15.2. The highest BCUT2D eigenvalue weighted by Crippen LogP contribution is 2.45. The van der Waals surface area contributed by atoms with Gasteiger partial charge in [0.1, 0.15) is 11.6 Å². The van der Waals surface area contributed by atoms with Crippen LogP contribution in [0.3, 0.4) is 0 Å². The second-order valence-corrected chi connectivity index (χ2v) is 7.79. The summed E-state index contributed by atoms with van der Waals surface area (Å²) in [5.41, 5.74) is 2.23. The first-order valence-electron chi connectivity index (χ1n) is 8.77. The van der Waals surface area contributed by atoms with E-state index < -0.39 is 29.2 Å². The highest BCUT2D eigenvalue weighted by atomic mass is 19.1. The molecule has 3 nitrogen and oxygen atoms in total. The predicted octanol–water partition coefficient (Wildman–Crippen LogP) is 5.09. The zero-order chi connectivity index (χ0) is 18.8. The standard InChI is InChI=1S/C21H22F2N2O/c1-10-9-24-19-12(10)6-5-7-13(19)17-14(22)8-15-16(18(17)23)11(2)20(26)21(3,4)25-15/h5-9,11,20,24-26H,1-4H3. The number of aromatic amines is 1. The number of benzene rings is 2. The summed E-state index contributed by atoms with van der Waals surface area (Å²) in [5.74, 6) is -1.69. The van der Waals surface area contributed by atoms with Crippen molar-refractivity contribution in [2.45, 2.75) is 45.3 Å². The van der Waals surface area contributed by atoms with Gasteiger partial charge in [-0.3, -0.25) is 0 Å². The molecule has 2 unspecified atom stereocenters. The molecule has 0 fully saturated rings. The SMILES string of the molecule is Cc1c[nH]c2c(-c3c(F)cc4c(c3F)C(C)C(O)C(C)(C)N4)cccc12. The second-order valence-electron chi connectivity index (χ2n) is 7.79. The molecule has 3 aromatic rings. The first-order chi connectivity index (χ1) is 12.2. The molecule has 0 amide bonds. The second kappa shape index (κ2) is 5.55. The number of anilines is 1. The maximum Gasteiger partial charge on any atom is 0.139 e. The summed E-state index contributed by atoms with van der Waals surface area (Å²) in [6.07, 6.45) is 1.05. The fourth-order valence-electron chi connectivity index (χ4n) is 4.14. The van der Waals surface area contributed by atoms with Gasteiger partial charge in [-0.25, -0.2) is 8.78 Å². The van der Waals surface area contributed by atoms with E-state index in [0.29, 0.717) is 22.3 Å². The van der Waals surface area contributed by atoms with Gasteiger partial charge in [-0.05, 0) is 32.4 Å². The molecule has 136 valence electrons. The molecule has 2 atom stereocenters. The topological polar surface area (TPSA) is 48.0 Å². The first-order valence-corrected chi connectivity index (χ1v) is 8.77. The number of hydrogen-bond donors (Lipinski definition) is 3. The van der Waals surface area contributed by atoms with Crippen molar-refractivity contribution in [1.29, 1.82) is 0 Å². The molecular formula is C21H22F2N2O. The van der Waals surface area contributed by atoms with Crippen molar-refractivity contribution in [2.24, 2.45) is 0 Å². The minimum Gasteiger partial charge on any atom is -0.390 e. The van der Waals surface area contributed by atoms with Crippen molar-refractivity contribution in [3.63, 3.8) is 0 Å². The van der Waals surface area contributed by atoms with Crippen LogP contribution in [-0.2, 0) is 0 Å². The van der Waals surface area contributed by atoms with Crippen molar-refractivity contribution >= 4 is 16.6 Å². The first kappa shape index (κ1) is 17.0. The smallest absolute Gasteiger partial charge is 0.139 e. The quantitative estimate of drug-likeness (QED) is 0.569. The van der Waals surface area contributed by atoms with E-state index >= 15 is 4.39 Å². The Hall–Kier alpha value is -2.40. The van der Waals surface area contributed by atoms with Gasteiger partial charge in [0.05, 0.1) is 22.7 Å². The summed E-state index contributed by atoms with van der Waals surface area (Å²) in [4.78, 5) is 3.12. The number of aliphatic hydroxyl groups excluding tert-OH is 1. The number of rotatable bonds is 1. The number of para-hydroxylation sites is 1. The average molecular weight is 356 g/mol. The van der Waals surface area contributed by atoms with Gasteiger partial charge in [0.25, 0.3) is 0 Å². The lowest BCUT2D eigenvalue weighted by Crippen LogP contribution is -2.50. The maximum atomic E-state index is 15.5. The molecule has 3 N–H and O–H groups in total. The molecule has 2 aromatic carbocycles. The molecule has 1 aromatic heterocycles. The lowest BCUT2D eigenvalue weighted by Gasteiger charge is -2.42. The number of aliphatic hydroxyl groups is 1. The molecule has 0 saturated heterocycles. The normalized spacial score (nSPS) is 21.5. The molecule has 0 spiro atoms. The van der Waals surface area contributed by atoms with Crippen LogP contribution >= 0.6 is 0 Å². The lowest BCUT2D eigenvalue weighted by molar-refractivity contribution is 0.0854. The van der Waals surface area contributed by atoms with E-state index in [9.17, 15) is 9.50 Å². The number of aromatic nitrogens is 1. The van der Waals surface area contributed by atoms with Gasteiger partial charge in [-0.2, -0.15) is 0 Å². The van der Waals surface area contributed by atoms with E-state index in [1.165, 1.54) is 6.07 Å². The summed E-state index contributed by atoms with van der Waals surface area (Å²) in [6.45, 7) is 7.37. The Bertz CT molecular complexity index is 1020. The Morgan fingerprint density at radius 3 is 2.65 bits per heavy atom. The molecule has 1 aliphatic rings. The molecule has 2 heterocycles. The Morgan fingerprint density at radius 2 is 1.92 bits per heavy atom. The average Bonchev–Trinajstić information content (AvgIpc) is 2.94. The molecule has 4 rings (SSSR count). The van der Waals surface area contributed by atoms with Gasteiger partial charge in [-0.1, -0.05) is 25.1 Å². The van der Waals surface area contributed by atoms with Crippen LogP contribution in [0, 0.1) is 18.6 Å². The van der Waals surface area contributed by atoms with Crippen LogP contribution in [0.25, 0.3) is 22.0 Å².